The molecular formula is C19H21Cl2N5O2. The van der Waals surface area contributed by atoms with Crippen molar-refractivity contribution in [3.05, 3.63) is 46.2 Å². The number of aromatic nitrogens is 2. The van der Waals surface area contributed by atoms with Crippen LogP contribution in [0.2, 0.25) is 10.0 Å². The molecule has 4 rings (SSSR count). The van der Waals surface area contributed by atoms with Gasteiger partial charge in [-0.1, -0.05) is 23.2 Å². The molecule has 2 saturated heterocycles. The van der Waals surface area contributed by atoms with E-state index in [1.807, 2.05) is 11.0 Å². The lowest BCUT2D eigenvalue weighted by Gasteiger charge is -2.36. The maximum absolute atomic E-state index is 12.8. The van der Waals surface area contributed by atoms with Crippen molar-refractivity contribution in [1.82, 2.24) is 14.9 Å². The van der Waals surface area contributed by atoms with Gasteiger partial charge in [0, 0.05) is 60.9 Å². The quantitative estimate of drug-likeness (QED) is 0.758. The summed E-state index contributed by atoms with van der Waals surface area (Å²) in [5.74, 6) is 1.75. The molecule has 0 atom stereocenters. The molecule has 0 bridgehead atoms. The van der Waals surface area contributed by atoms with Crippen LogP contribution in [0.5, 0.6) is 0 Å². The minimum absolute atomic E-state index is 0.0549. The molecule has 0 N–H and O–H groups in total. The Morgan fingerprint density at radius 2 is 1.39 bits per heavy atom. The lowest BCUT2D eigenvalue weighted by Crippen LogP contribution is -2.49. The van der Waals surface area contributed by atoms with E-state index in [2.05, 4.69) is 19.8 Å². The van der Waals surface area contributed by atoms with E-state index in [1.54, 1.807) is 24.5 Å². The lowest BCUT2D eigenvalue weighted by molar-refractivity contribution is 0.0746. The normalized spacial score (nSPS) is 17.7. The van der Waals surface area contributed by atoms with Gasteiger partial charge in [-0.15, -0.1) is 0 Å². The molecule has 0 saturated carbocycles. The number of hydrogen-bond acceptors (Lipinski definition) is 6. The van der Waals surface area contributed by atoms with Gasteiger partial charge >= 0.3 is 0 Å². The summed E-state index contributed by atoms with van der Waals surface area (Å²) in [4.78, 5) is 27.8. The van der Waals surface area contributed by atoms with E-state index < -0.39 is 0 Å². The third kappa shape index (κ3) is 4.32. The average Bonchev–Trinajstić information content (AvgIpc) is 2.73. The SMILES string of the molecule is O=C(c1cc(Cl)cc(Cl)c1)N1CCN(c2cc(N3CCOCC3)ncn2)CC1. The number of hydrogen-bond donors (Lipinski definition) is 0. The highest BCUT2D eigenvalue weighted by Gasteiger charge is 2.24. The van der Waals surface area contributed by atoms with Gasteiger partial charge in [-0.3, -0.25) is 4.79 Å². The van der Waals surface area contributed by atoms with E-state index in [9.17, 15) is 4.79 Å². The van der Waals surface area contributed by atoms with Crippen molar-refractivity contribution in [2.24, 2.45) is 0 Å². The Balaban J connectivity index is 1.40. The second-order valence-electron chi connectivity index (χ2n) is 6.77. The summed E-state index contributed by atoms with van der Waals surface area (Å²) in [7, 11) is 0. The first-order chi connectivity index (χ1) is 13.6. The summed E-state index contributed by atoms with van der Waals surface area (Å²) >= 11 is 12.1. The van der Waals surface area contributed by atoms with Gasteiger partial charge in [-0.05, 0) is 18.2 Å². The Bertz CT molecular complexity index is 832. The number of carbonyl (C=O) groups excluding carboxylic acids is 1. The van der Waals surface area contributed by atoms with Crippen molar-refractivity contribution in [3.8, 4) is 0 Å². The van der Waals surface area contributed by atoms with Crippen molar-refractivity contribution >= 4 is 40.7 Å². The fourth-order valence-corrected chi connectivity index (χ4v) is 4.00. The Labute approximate surface area is 173 Å². The summed E-state index contributed by atoms with van der Waals surface area (Å²) in [6, 6.07) is 6.95. The molecule has 9 heteroatoms. The van der Waals surface area contributed by atoms with Gasteiger partial charge in [0.15, 0.2) is 0 Å². The van der Waals surface area contributed by atoms with Gasteiger partial charge in [0.05, 0.1) is 13.2 Å². The second-order valence-corrected chi connectivity index (χ2v) is 7.64. The van der Waals surface area contributed by atoms with Gasteiger partial charge in [-0.25, -0.2) is 9.97 Å². The summed E-state index contributed by atoms with van der Waals surface area (Å²) in [5, 5.41) is 0.928. The first-order valence-corrected chi connectivity index (χ1v) is 10.0. The number of anilines is 2. The van der Waals surface area contributed by atoms with Crippen LogP contribution in [0.25, 0.3) is 0 Å². The molecule has 2 aromatic rings. The molecule has 3 heterocycles. The van der Waals surface area contributed by atoms with Crippen molar-refractivity contribution in [1.29, 1.82) is 0 Å². The third-order valence-electron chi connectivity index (χ3n) is 4.97. The molecule has 1 aromatic heterocycles. The molecule has 148 valence electrons. The van der Waals surface area contributed by atoms with Crippen LogP contribution in [0.3, 0.4) is 0 Å². The first-order valence-electron chi connectivity index (χ1n) is 9.25. The molecule has 2 aliphatic heterocycles. The van der Waals surface area contributed by atoms with Crippen LogP contribution in [0.1, 0.15) is 10.4 Å². The van der Waals surface area contributed by atoms with Crippen molar-refractivity contribution in [3.63, 3.8) is 0 Å². The second kappa shape index (κ2) is 8.51. The summed E-state index contributed by atoms with van der Waals surface area (Å²) < 4.78 is 5.40. The van der Waals surface area contributed by atoms with Gasteiger partial charge in [-0.2, -0.15) is 0 Å². The van der Waals surface area contributed by atoms with Gasteiger partial charge in [0.2, 0.25) is 0 Å². The Kier molecular flexibility index (Phi) is 5.85. The molecule has 7 nitrogen and oxygen atoms in total. The number of morpholine rings is 1. The first kappa shape index (κ1) is 19.2. The highest BCUT2D eigenvalue weighted by molar-refractivity contribution is 6.35. The molecule has 0 unspecified atom stereocenters. The van der Waals surface area contributed by atoms with Crippen molar-refractivity contribution in [2.75, 3.05) is 62.3 Å². The number of amides is 1. The molecule has 1 aromatic carbocycles. The number of nitrogens with zero attached hydrogens (tertiary/aromatic N) is 5. The fraction of sp³-hybridized carbons (Fsp3) is 0.421. The predicted molar refractivity (Wildman–Crippen MR) is 110 cm³/mol. The fourth-order valence-electron chi connectivity index (χ4n) is 3.47. The highest BCUT2D eigenvalue weighted by Crippen LogP contribution is 2.23. The van der Waals surface area contributed by atoms with Crippen molar-refractivity contribution < 1.29 is 9.53 Å². The number of piperazine rings is 1. The summed E-state index contributed by atoms with van der Waals surface area (Å²) in [6.07, 6.45) is 1.60. The standard InChI is InChI=1S/C19H21Cl2N5O2/c20-15-9-14(10-16(21)11-15)19(27)26-3-1-24(2-4-26)17-12-18(23-13-22-17)25-5-7-28-8-6-25/h9-13H,1-8H2. The van der Waals surface area contributed by atoms with E-state index in [0.29, 0.717) is 55.0 Å². The number of halogens is 2. The number of carbonyl (C=O) groups is 1. The Morgan fingerprint density at radius 1 is 0.821 bits per heavy atom. The molecule has 28 heavy (non-hydrogen) atoms. The van der Waals surface area contributed by atoms with Gasteiger partial charge in [0.1, 0.15) is 18.0 Å². The van der Waals surface area contributed by atoms with E-state index in [4.69, 9.17) is 27.9 Å². The molecule has 0 aliphatic carbocycles. The zero-order valence-electron chi connectivity index (χ0n) is 15.4. The molecule has 0 radical (unpaired) electrons. The molecular weight excluding hydrogens is 401 g/mol. The minimum atomic E-state index is -0.0549. The van der Waals surface area contributed by atoms with Crippen LogP contribution < -0.4 is 9.80 Å². The van der Waals surface area contributed by atoms with Gasteiger partial charge in [0.25, 0.3) is 5.91 Å². The number of rotatable bonds is 3. The van der Waals surface area contributed by atoms with Gasteiger partial charge < -0.3 is 19.4 Å². The Morgan fingerprint density at radius 3 is 2.00 bits per heavy atom. The van der Waals surface area contributed by atoms with E-state index >= 15 is 0 Å². The van der Waals surface area contributed by atoms with Crippen LogP contribution in [0, 0.1) is 0 Å². The van der Waals surface area contributed by atoms with Crippen LogP contribution in [0.4, 0.5) is 11.6 Å². The van der Waals surface area contributed by atoms with E-state index in [-0.39, 0.29) is 5.91 Å². The zero-order chi connectivity index (χ0) is 19.5. The molecule has 0 spiro atoms. The average molecular weight is 422 g/mol. The lowest BCUT2D eigenvalue weighted by atomic mass is 10.2. The van der Waals surface area contributed by atoms with Crippen molar-refractivity contribution in [2.45, 2.75) is 0 Å². The Hall–Kier alpha value is -2.09. The number of ether oxygens (including phenoxy) is 1. The zero-order valence-corrected chi connectivity index (χ0v) is 16.9. The minimum Gasteiger partial charge on any atom is -0.378 e. The van der Waals surface area contributed by atoms with Crippen LogP contribution in [0.15, 0.2) is 30.6 Å². The predicted octanol–water partition coefficient (Wildman–Crippen LogP) is 2.58. The molecule has 1 amide bonds. The van der Waals surface area contributed by atoms with Crippen LogP contribution >= 0.6 is 23.2 Å². The molecule has 2 aliphatic rings. The monoisotopic (exact) mass is 421 g/mol. The summed E-state index contributed by atoms with van der Waals surface area (Å²) in [6.45, 7) is 5.74. The maximum atomic E-state index is 12.8. The largest absolute Gasteiger partial charge is 0.378 e. The topological polar surface area (TPSA) is 61.8 Å². The smallest absolute Gasteiger partial charge is 0.254 e. The summed E-state index contributed by atoms with van der Waals surface area (Å²) in [5.41, 5.74) is 0.516. The van der Waals surface area contributed by atoms with Crippen LogP contribution in [-0.4, -0.2) is 73.3 Å². The highest BCUT2D eigenvalue weighted by atomic mass is 35.5. The maximum Gasteiger partial charge on any atom is 0.254 e. The number of benzene rings is 1. The third-order valence-corrected chi connectivity index (χ3v) is 5.41. The molecule has 2 fully saturated rings. The van der Waals surface area contributed by atoms with Crippen LogP contribution in [-0.2, 0) is 4.74 Å². The van der Waals surface area contributed by atoms with E-state index in [1.165, 1.54) is 0 Å². The van der Waals surface area contributed by atoms with E-state index in [0.717, 1.165) is 24.7 Å².